The molecule has 1 aromatic heterocycles. The molecule has 0 spiro atoms. The predicted octanol–water partition coefficient (Wildman–Crippen LogP) is 1.04. The Bertz CT molecular complexity index is 407. The van der Waals surface area contributed by atoms with Crippen molar-refractivity contribution in [1.82, 2.24) is 14.7 Å². The van der Waals surface area contributed by atoms with E-state index >= 15 is 0 Å². The first-order chi connectivity index (χ1) is 8.11. The monoisotopic (exact) mass is 301 g/mol. The van der Waals surface area contributed by atoms with Gasteiger partial charge < -0.3 is 9.64 Å². The number of carbonyl (C=O) groups excluding carboxylic acids is 1. The number of hydrogen-bond acceptors (Lipinski definition) is 3. The fraction of sp³-hybridized carbons (Fsp3) is 0.636. The molecular formula is C11H16BrN3O2. The van der Waals surface area contributed by atoms with Gasteiger partial charge in [-0.15, -0.1) is 0 Å². The van der Waals surface area contributed by atoms with Crippen molar-refractivity contribution < 1.29 is 9.53 Å². The first-order valence-electron chi connectivity index (χ1n) is 5.59. The number of halogens is 1. The standard InChI is InChI=1S/C11H16BrN3O2/c1-8-7-17-10(3-12)6-15(8)11(16)9-4-13-14(2)5-9/h4-5,8,10H,3,6-7H2,1-2H3. The number of aromatic nitrogens is 2. The molecule has 0 radical (unpaired) electrons. The third-order valence-electron chi connectivity index (χ3n) is 2.89. The fourth-order valence-corrected chi connectivity index (χ4v) is 2.28. The molecule has 2 atom stereocenters. The Labute approximate surface area is 109 Å². The lowest BCUT2D eigenvalue weighted by Crippen LogP contribution is -2.51. The van der Waals surface area contributed by atoms with E-state index < -0.39 is 0 Å². The van der Waals surface area contributed by atoms with E-state index in [-0.39, 0.29) is 18.1 Å². The van der Waals surface area contributed by atoms with Gasteiger partial charge in [-0.05, 0) is 6.92 Å². The molecule has 0 N–H and O–H groups in total. The molecule has 1 aliphatic rings. The number of aryl methyl sites for hydroxylation is 1. The lowest BCUT2D eigenvalue weighted by molar-refractivity contribution is -0.0361. The number of rotatable bonds is 2. The molecule has 0 aromatic carbocycles. The van der Waals surface area contributed by atoms with E-state index in [0.29, 0.717) is 18.7 Å². The van der Waals surface area contributed by atoms with Crippen LogP contribution in [-0.4, -0.2) is 51.2 Å². The molecule has 0 bridgehead atoms. The number of amides is 1. The van der Waals surface area contributed by atoms with Crippen LogP contribution in [-0.2, 0) is 11.8 Å². The normalized spacial score (nSPS) is 25.0. The summed E-state index contributed by atoms with van der Waals surface area (Å²) in [5.74, 6) is 0.0276. The van der Waals surface area contributed by atoms with E-state index in [4.69, 9.17) is 4.74 Å². The number of carbonyl (C=O) groups is 1. The number of alkyl halides is 1. The maximum absolute atomic E-state index is 12.3. The SMILES string of the molecule is CC1COC(CBr)CN1C(=O)c1cnn(C)c1. The Hall–Kier alpha value is -0.880. The fourth-order valence-electron chi connectivity index (χ4n) is 1.89. The first kappa shape index (κ1) is 12.6. The highest BCUT2D eigenvalue weighted by Gasteiger charge is 2.30. The van der Waals surface area contributed by atoms with Crippen molar-refractivity contribution in [1.29, 1.82) is 0 Å². The second-order valence-corrected chi connectivity index (χ2v) is 4.97. The molecule has 2 heterocycles. The van der Waals surface area contributed by atoms with Gasteiger partial charge in [0.15, 0.2) is 0 Å². The largest absolute Gasteiger partial charge is 0.373 e. The van der Waals surface area contributed by atoms with Gasteiger partial charge in [0.1, 0.15) is 0 Å². The van der Waals surface area contributed by atoms with Crippen LogP contribution in [0.2, 0.25) is 0 Å². The summed E-state index contributed by atoms with van der Waals surface area (Å²) in [6.07, 6.45) is 3.42. The van der Waals surface area contributed by atoms with E-state index in [1.54, 1.807) is 24.1 Å². The average Bonchev–Trinajstić information content (AvgIpc) is 2.76. The van der Waals surface area contributed by atoms with Crippen molar-refractivity contribution in [2.75, 3.05) is 18.5 Å². The molecule has 1 fully saturated rings. The van der Waals surface area contributed by atoms with E-state index in [1.165, 1.54) is 0 Å². The van der Waals surface area contributed by atoms with Gasteiger partial charge in [-0.2, -0.15) is 5.10 Å². The number of nitrogens with zero attached hydrogens (tertiary/aromatic N) is 3. The smallest absolute Gasteiger partial charge is 0.257 e. The summed E-state index contributed by atoms with van der Waals surface area (Å²) < 4.78 is 7.24. The van der Waals surface area contributed by atoms with Gasteiger partial charge >= 0.3 is 0 Å². The van der Waals surface area contributed by atoms with Crippen LogP contribution in [0.5, 0.6) is 0 Å². The average molecular weight is 302 g/mol. The second kappa shape index (κ2) is 5.18. The summed E-state index contributed by atoms with van der Waals surface area (Å²) >= 11 is 3.39. The molecular weight excluding hydrogens is 286 g/mol. The molecule has 2 unspecified atom stereocenters. The van der Waals surface area contributed by atoms with Crippen LogP contribution in [0.1, 0.15) is 17.3 Å². The molecule has 1 aromatic rings. The van der Waals surface area contributed by atoms with Crippen molar-refractivity contribution in [3.05, 3.63) is 18.0 Å². The van der Waals surface area contributed by atoms with Crippen LogP contribution in [0.3, 0.4) is 0 Å². The van der Waals surface area contributed by atoms with Crippen molar-refractivity contribution >= 4 is 21.8 Å². The topological polar surface area (TPSA) is 47.4 Å². The molecule has 5 nitrogen and oxygen atoms in total. The van der Waals surface area contributed by atoms with Crippen LogP contribution in [0, 0.1) is 0 Å². The first-order valence-corrected chi connectivity index (χ1v) is 6.71. The zero-order chi connectivity index (χ0) is 12.4. The molecule has 94 valence electrons. The van der Waals surface area contributed by atoms with Gasteiger partial charge in [-0.1, -0.05) is 15.9 Å². The minimum absolute atomic E-state index is 0.0276. The van der Waals surface area contributed by atoms with E-state index in [9.17, 15) is 4.79 Å². The molecule has 2 rings (SSSR count). The number of ether oxygens (including phenoxy) is 1. The molecule has 0 aliphatic carbocycles. The van der Waals surface area contributed by atoms with Crippen molar-refractivity contribution in [2.24, 2.45) is 7.05 Å². The van der Waals surface area contributed by atoms with Crippen LogP contribution < -0.4 is 0 Å². The maximum atomic E-state index is 12.3. The maximum Gasteiger partial charge on any atom is 0.257 e. The third-order valence-corrected chi connectivity index (χ3v) is 3.61. The van der Waals surface area contributed by atoms with E-state index in [2.05, 4.69) is 21.0 Å². The molecule has 1 amide bonds. The molecule has 17 heavy (non-hydrogen) atoms. The van der Waals surface area contributed by atoms with Gasteiger partial charge in [0.05, 0.1) is 30.5 Å². The molecule has 1 aliphatic heterocycles. The Morgan fingerprint density at radius 1 is 1.71 bits per heavy atom. The quantitative estimate of drug-likeness (QED) is 0.767. The second-order valence-electron chi connectivity index (χ2n) is 4.32. The summed E-state index contributed by atoms with van der Waals surface area (Å²) in [6.45, 7) is 3.21. The minimum atomic E-state index is 0.0276. The van der Waals surface area contributed by atoms with Gasteiger partial charge in [-0.25, -0.2) is 0 Å². The Morgan fingerprint density at radius 2 is 2.47 bits per heavy atom. The Morgan fingerprint density at radius 3 is 3.06 bits per heavy atom. The van der Waals surface area contributed by atoms with Gasteiger partial charge in [-0.3, -0.25) is 9.48 Å². The van der Waals surface area contributed by atoms with Crippen LogP contribution >= 0.6 is 15.9 Å². The minimum Gasteiger partial charge on any atom is -0.373 e. The summed E-state index contributed by atoms with van der Waals surface area (Å²) in [4.78, 5) is 14.1. The Kier molecular flexibility index (Phi) is 3.83. The van der Waals surface area contributed by atoms with Gasteiger partial charge in [0.25, 0.3) is 5.91 Å². The zero-order valence-electron chi connectivity index (χ0n) is 9.97. The zero-order valence-corrected chi connectivity index (χ0v) is 11.6. The summed E-state index contributed by atoms with van der Waals surface area (Å²) in [7, 11) is 1.81. The van der Waals surface area contributed by atoms with Crippen LogP contribution in [0.4, 0.5) is 0 Å². The highest BCUT2D eigenvalue weighted by molar-refractivity contribution is 9.09. The van der Waals surface area contributed by atoms with Crippen LogP contribution in [0.15, 0.2) is 12.4 Å². The molecule has 1 saturated heterocycles. The Balaban J connectivity index is 2.12. The van der Waals surface area contributed by atoms with Crippen molar-refractivity contribution in [2.45, 2.75) is 19.1 Å². The lowest BCUT2D eigenvalue weighted by Gasteiger charge is -2.37. The van der Waals surface area contributed by atoms with E-state index in [1.807, 2.05) is 11.8 Å². The van der Waals surface area contributed by atoms with Gasteiger partial charge in [0.2, 0.25) is 0 Å². The number of hydrogen-bond donors (Lipinski definition) is 0. The predicted molar refractivity (Wildman–Crippen MR) is 67.2 cm³/mol. The number of morpholine rings is 1. The third kappa shape index (κ3) is 2.69. The summed E-state index contributed by atoms with van der Waals surface area (Å²) in [5.41, 5.74) is 0.634. The van der Waals surface area contributed by atoms with Crippen LogP contribution in [0.25, 0.3) is 0 Å². The van der Waals surface area contributed by atoms with Gasteiger partial charge in [0, 0.05) is 25.1 Å². The highest BCUT2D eigenvalue weighted by Crippen LogP contribution is 2.16. The molecule has 6 heteroatoms. The van der Waals surface area contributed by atoms with E-state index in [0.717, 1.165) is 5.33 Å². The highest BCUT2D eigenvalue weighted by atomic mass is 79.9. The molecule has 0 saturated carbocycles. The lowest BCUT2D eigenvalue weighted by atomic mass is 10.2. The summed E-state index contributed by atoms with van der Waals surface area (Å²) in [6, 6.07) is 0.109. The van der Waals surface area contributed by atoms with Crippen molar-refractivity contribution in [3.63, 3.8) is 0 Å². The summed E-state index contributed by atoms with van der Waals surface area (Å²) in [5, 5.41) is 4.77. The van der Waals surface area contributed by atoms with Crippen molar-refractivity contribution in [3.8, 4) is 0 Å².